The molecule has 2 saturated heterocycles. The summed E-state index contributed by atoms with van der Waals surface area (Å²) in [5.41, 5.74) is 6.69. The van der Waals surface area contributed by atoms with Crippen molar-refractivity contribution in [3.05, 3.63) is 76.6 Å². The van der Waals surface area contributed by atoms with Crippen LogP contribution in [-0.4, -0.2) is 88.6 Å². The normalized spacial score (nSPS) is 17.6. The Morgan fingerprint density at radius 3 is 2.63 bits per heavy atom. The number of hydrogen-bond donors (Lipinski definition) is 2. The van der Waals surface area contributed by atoms with Crippen LogP contribution in [0.15, 0.2) is 54.9 Å². The number of nitrogens with one attached hydrogen (secondary N) is 2. The van der Waals surface area contributed by atoms with Crippen LogP contribution < -0.4 is 15.1 Å². The molecule has 5 amide bonds. The first kappa shape index (κ1) is 35.2. The standard InChI is InChI=1S/C39H42ClN7O5/c1-3-24-20-41-37-35(24)36(40)28(21-42-37)25-9-7-10-26(19-25)46-18-17-45(23-34(46)50)33(49)13-5-4-6-16-44(2)30-12-8-11-27-29(30)22-47(39(27)52)31-14-15-32(48)43-38(31)51/h7-12,19-21,31H,3-6,13-18,22-23H2,1-2H3,(H,41,42)(H,43,48,51). The number of carbonyl (C=O) groups is 5. The van der Waals surface area contributed by atoms with E-state index in [1.807, 2.05) is 49.6 Å². The maximum atomic E-state index is 13.3. The van der Waals surface area contributed by atoms with Crippen LogP contribution in [0.25, 0.3) is 22.2 Å². The smallest absolute Gasteiger partial charge is 0.255 e. The molecule has 2 N–H and O–H groups in total. The van der Waals surface area contributed by atoms with Crippen LogP contribution in [-0.2, 0) is 32.1 Å². The summed E-state index contributed by atoms with van der Waals surface area (Å²) in [6, 6.07) is 12.7. The van der Waals surface area contributed by atoms with Gasteiger partial charge < -0.3 is 24.6 Å². The molecule has 0 saturated carbocycles. The lowest BCUT2D eigenvalue weighted by atomic mass is 10.0. The Hall–Kier alpha value is -5.23. The molecule has 0 spiro atoms. The number of hydrogen-bond acceptors (Lipinski definition) is 7. The lowest BCUT2D eigenvalue weighted by Gasteiger charge is -2.34. The van der Waals surface area contributed by atoms with Crippen LogP contribution in [0.2, 0.25) is 5.02 Å². The molecular formula is C39H42ClN7O5. The number of aromatic amines is 1. The van der Waals surface area contributed by atoms with Crippen LogP contribution in [0.3, 0.4) is 0 Å². The topological polar surface area (TPSA) is 139 Å². The highest BCUT2D eigenvalue weighted by molar-refractivity contribution is 6.38. The maximum absolute atomic E-state index is 13.3. The maximum Gasteiger partial charge on any atom is 0.255 e. The summed E-state index contributed by atoms with van der Waals surface area (Å²) in [5, 5.41) is 3.90. The minimum absolute atomic E-state index is 0.0209. The molecule has 3 aliphatic rings. The van der Waals surface area contributed by atoms with Crippen molar-refractivity contribution in [1.29, 1.82) is 0 Å². The van der Waals surface area contributed by atoms with E-state index in [0.29, 0.717) is 49.5 Å². The van der Waals surface area contributed by atoms with Gasteiger partial charge in [0.25, 0.3) is 5.91 Å². The fraction of sp³-hybridized carbons (Fsp3) is 0.385. The van der Waals surface area contributed by atoms with Gasteiger partial charge in [0.15, 0.2) is 0 Å². The largest absolute Gasteiger partial charge is 0.374 e. The molecule has 4 aromatic rings. The molecule has 1 unspecified atom stereocenters. The summed E-state index contributed by atoms with van der Waals surface area (Å²) < 4.78 is 0. The predicted molar refractivity (Wildman–Crippen MR) is 199 cm³/mol. The van der Waals surface area contributed by atoms with E-state index < -0.39 is 11.9 Å². The zero-order valence-corrected chi connectivity index (χ0v) is 30.2. The number of piperidine rings is 1. The van der Waals surface area contributed by atoms with Gasteiger partial charge in [-0.3, -0.25) is 29.3 Å². The first-order valence-electron chi connectivity index (χ1n) is 17.9. The molecule has 0 radical (unpaired) electrons. The highest BCUT2D eigenvalue weighted by atomic mass is 35.5. The van der Waals surface area contributed by atoms with E-state index in [9.17, 15) is 24.0 Å². The molecule has 13 heteroatoms. The van der Waals surface area contributed by atoms with E-state index in [0.717, 1.165) is 70.5 Å². The van der Waals surface area contributed by atoms with Gasteiger partial charge in [-0.2, -0.15) is 0 Å². The van der Waals surface area contributed by atoms with E-state index in [1.165, 1.54) is 0 Å². The molecule has 3 aliphatic heterocycles. The first-order chi connectivity index (χ1) is 25.1. The average Bonchev–Trinajstić information content (AvgIpc) is 3.72. The molecule has 12 nitrogen and oxygen atoms in total. The second-order valence-corrected chi connectivity index (χ2v) is 14.1. The number of rotatable bonds is 11. The number of anilines is 2. The lowest BCUT2D eigenvalue weighted by Crippen LogP contribution is -2.52. The summed E-state index contributed by atoms with van der Waals surface area (Å²) >= 11 is 6.87. The number of pyridine rings is 1. The van der Waals surface area contributed by atoms with Gasteiger partial charge in [0, 0.05) is 91.9 Å². The zero-order chi connectivity index (χ0) is 36.5. The van der Waals surface area contributed by atoms with Gasteiger partial charge in [-0.15, -0.1) is 0 Å². The van der Waals surface area contributed by atoms with Gasteiger partial charge >= 0.3 is 0 Å². The zero-order valence-electron chi connectivity index (χ0n) is 29.4. The highest BCUT2D eigenvalue weighted by Crippen LogP contribution is 2.37. The van der Waals surface area contributed by atoms with Gasteiger partial charge in [-0.05, 0) is 61.1 Å². The summed E-state index contributed by atoms with van der Waals surface area (Å²) in [4.78, 5) is 78.5. The third-order valence-electron chi connectivity index (χ3n) is 10.5. The van der Waals surface area contributed by atoms with Gasteiger partial charge in [-0.1, -0.05) is 43.1 Å². The molecule has 270 valence electrons. The summed E-state index contributed by atoms with van der Waals surface area (Å²) in [5.74, 6) is -1.06. The van der Waals surface area contributed by atoms with E-state index in [1.54, 1.807) is 27.0 Å². The van der Waals surface area contributed by atoms with E-state index in [-0.39, 0.29) is 36.6 Å². The van der Waals surface area contributed by atoms with Crippen LogP contribution in [0.4, 0.5) is 11.4 Å². The molecule has 0 aliphatic carbocycles. The Balaban J connectivity index is 0.888. The minimum Gasteiger partial charge on any atom is -0.374 e. The Labute approximate surface area is 307 Å². The van der Waals surface area contributed by atoms with Gasteiger partial charge in [0.2, 0.25) is 23.6 Å². The Morgan fingerprint density at radius 1 is 1.02 bits per heavy atom. The monoisotopic (exact) mass is 723 g/mol. The highest BCUT2D eigenvalue weighted by Gasteiger charge is 2.40. The molecule has 2 aromatic carbocycles. The third-order valence-corrected chi connectivity index (χ3v) is 10.9. The lowest BCUT2D eigenvalue weighted by molar-refractivity contribution is -0.137. The Bertz CT molecular complexity index is 2080. The molecule has 0 bridgehead atoms. The van der Waals surface area contributed by atoms with Crippen molar-refractivity contribution in [3.63, 3.8) is 0 Å². The fourth-order valence-electron chi connectivity index (χ4n) is 7.61. The second kappa shape index (κ2) is 14.8. The number of nitrogens with zero attached hydrogens (tertiary/aromatic N) is 5. The predicted octanol–water partition coefficient (Wildman–Crippen LogP) is 5.08. The average molecular weight is 724 g/mol. The molecule has 7 rings (SSSR count). The van der Waals surface area contributed by atoms with Crippen molar-refractivity contribution in [3.8, 4) is 11.1 Å². The van der Waals surface area contributed by atoms with E-state index in [4.69, 9.17) is 11.6 Å². The number of piperazine rings is 1. The minimum atomic E-state index is -0.652. The van der Waals surface area contributed by atoms with Crippen LogP contribution >= 0.6 is 11.6 Å². The van der Waals surface area contributed by atoms with Crippen molar-refractivity contribution in [2.24, 2.45) is 0 Å². The van der Waals surface area contributed by atoms with Crippen LogP contribution in [0.5, 0.6) is 0 Å². The van der Waals surface area contributed by atoms with Crippen molar-refractivity contribution in [1.82, 2.24) is 25.1 Å². The van der Waals surface area contributed by atoms with Gasteiger partial charge in [-0.25, -0.2) is 4.98 Å². The summed E-state index contributed by atoms with van der Waals surface area (Å²) in [7, 11) is 1.98. The van der Waals surface area contributed by atoms with Gasteiger partial charge in [0.1, 0.15) is 18.2 Å². The fourth-order valence-corrected chi connectivity index (χ4v) is 7.98. The number of imide groups is 1. The van der Waals surface area contributed by atoms with Crippen molar-refractivity contribution >= 4 is 63.5 Å². The summed E-state index contributed by atoms with van der Waals surface area (Å²) in [6.07, 6.45) is 7.82. The molecule has 1 atom stereocenters. The second-order valence-electron chi connectivity index (χ2n) is 13.7. The number of H-pyrrole nitrogens is 1. The quantitative estimate of drug-likeness (QED) is 0.163. The number of aromatic nitrogens is 2. The number of fused-ring (bicyclic) bond motifs is 2. The van der Waals surface area contributed by atoms with Crippen molar-refractivity contribution < 1.29 is 24.0 Å². The van der Waals surface area contributed by atoms with Crippen molar-refractivity contribution in [2.75, 3.05) is 43.0 Å². The molecular weight excluding hydrogens is 682 g/mol. The number of carbonyl (C=O) groups excluding carboxylic acids is 5. The van der Waals surface area contributed by atoms with E-state index in [2.05, 4.69) is 27.1 Å². The first-order valence-corrected chi connectivity index (χ1v) is 18.3. The van der Waals surface area contributed by atoms with E-state index >= 15 is 0 Å². The number of halogens is 1. The number of unbranched alkanes of at least 4 members (excludes halogenated alkanes) is 2. The number of benzene rings is 2. The van der Waals surface area contributed by atoms with Crippen molar-refractivity contribution in [2.45, 2.75) is 64.5 Å². The Kier molecular flexibility index (Phi) is 10.0. The van der Waals surface area contributed by atoms with Gasteiger partial charge in [0.05, 0.1) is 5.02 Å². The Morgan fingerprint density at radius 2 is 1.85 bits per heavy atom. The molecule has 52 heavy (non-hydrogen) atoms. The summed E-state index contributed by atoms with van der Waals surface area (Å²) in [6.45, 7) is 4.04. The molecule has 5 heterocycles. The molecule has 2 aromatic heterocycles. The SMILES string of the molecule is CCc1c[nH]c2ncc(-c3cccc(N4CCN(C(=O)CCCCCN(C)c5cccc6c5CN(C5CCC(=O)NC5=O)C6=O)CC4=O)c3)c(Cl)c12. The van der Waals surface area contributed by atoms with Crippen LogP contribution in [0, 0.1) is 0 Å². The molecule has 2 fully saturated rings. The number of aryl methyl sites for hydroxylation is 1. The third kappa shape index (κ3) is 6.74. The number of amides is 5. The van der Waals surface area contributed by atoms with Crippen LogP contribution in [0.1, 0.15) is 66.9 Å².